The molecule has 0 unspecified atom stereocenters. The lowest BCUT2D eigenvalue weighted by atomic mass is 9.92. The summed E-state index contributed by atoms with van der Waals surface area (Å²) in [6.45, 7) is 11.0. The number of aromatic nitrogens is 4. The second kappa shape index (κ2) is 18.4. The van der Waals surface area contributed by atoms with Crippen molar-refractivity contribution >= 4 is 45.8 Å². The van der Waals surface area contributed by atoms with Crippen LogP contribution in [0.25, 0.3) is 44.2 Å². The first-order chi connectivity index (χ1) is 32.2. The van der Waals surface area contributed by atoms with E-state index in [0.29, 0.717) is 49.9 Å². The summed E-state index contributed by atoms with van der Waals surface area (Å²) in [6, 6.07) is 21.4. The average molecular weight is 911 g/mol. The number of amides is 4. The highest BCUT2D eigenvalue weighted by molar-refractivity contribution is 6.07. The van der Waals surface area contributed by atoms with Crippen LogP contribution in [0.5, 0.6) is 5.75 Å². The minimum Gasteiger partial charge on any atom is -0.488 e. The van der Waals surface area contributed by atoms with Crippen molar-refractivity contribution in [2.75, 3.05) is 33.9 Å². The van der Waals surface area contributed by atoms with Crippen molar-refractivity contribution < 1.29 is 38.1 Å². The second-order valence-corrected chi connectivity index (χ2v) is 19.1. The van der Waals surface area contributed by atoms with Gasteiger partial charge in [-0.3, -0.25) is 9.59 Å². The van der Waals surface area contributed by atoms with Crippen molar-refractivity contribution in [1.82, 2.24) is 40.4 Å². The largest absolute Gasteiger partial charge is 0.488 e. The third-order valence-electron chi connectivity index (χ3n) is 12.9. The van der Waals surface area contributed by atoms with Gasteiger partial charge in [-0.25, -0.2) is 19.6 Å². The summed E-state index contributed by atoms with van der Waals surface area (Å²) in [5.41, 5.74) is 6.36. The molecule has 16 nitrogen and oxygen atoms in total. The Hall–Kier alpha value is -6.94. The summed E-state index contributed by atoms with van der Waals surface area (Å²) in [5.74, 6) is 1.62. The zero-order valence-electron chi connectivity index (χ0n) is 39.0. The number of nitrogens with one attached hydrogen (secondary N) is 4. The van der Waals surface area contributed by atoms with Gasteiger partial charge in [-0.1, -0.05) is 62.4 Å². The van der Waals surface area contributed by atoms with E-state index in [1.54, 1.807) is 39.0 Å². The Balaban J connectivity index is 0.974. The molecule has 0 aliphatic carbocycles. The number of carbonyl (C=O) groups excluding carboxylic acids is 4. The SMILES string of the molecule is COC[C@H]1C[C@@H](c2nc3ccc4cc5c(cc4c3[nH]2)OCc2cc(-c3cnc([C@@H]4CCCN4C(=O)[C@@H](NC(=O)OC)C(C)C)[nH]3)ccc2-5)N(C(=O)[C@H](NC(=O)OC(C)(C)C)c2ccccc2)C1. The molecule has 5 heterocycles. The molecule has 350 valence electrons. The number of likely N-dealkylation sites (tertiary alicyclic amines) is 2. The number of methoxy groups -OCH3 is 2. The smallest absolute Gasteiger partial charge is 0.408 e. The molecule has 0 radical (unpaired) electrons. The van der Waals surface area contributed by atoms with Crippen LogP contribution in [0.2, 0.25) is 0 Å². The maximum Gasteiger partial charge on any atom is 0.408 e. The number of nitrogens with zero attached hydrogens (tertiary/aromatic N) is 4. The van der Waals surface area contributed by atoms with Gasteiger partial charge in [-0.15, -0.1) is 0 Å². The first kappa shape index (κ1) is 45.2. The number of hydrogen-bond donors (Lipinski definition) is 4. The number of hydrogen-bond acceptors (Lipinski definition) is 10. The lowest BCUT2D eigenvalue weighted by molar-refractivity contribution is -0.136. The molecular formula is C51H58N8O8. The molecule has 2 fully saturated rings. The molecule has 2 saturated heterocycles. The molecule has 4 amide bonds. The highest BCUT2D eigenvalue weighted by Crippen LogP contribution is 2.44. The molecule has 3 aliphatic rings. The number of ether oxygens (including phenoxy) is 4. The van der Waals surface area contributed by atoms with Crippen molar-refractivity contribution in [2.45, 2.75) is 90.3 Å². The summed E-state index contributed by atoms with van der Waals surface area (Å²) >= 11 is 0. The van der Waals surface area contributed by atoms with Crippen molar-refractivity contribution in [1.29, 1.82) is 0 Å². The Morgan fingerprint density at radius 3 is 2.43 bits per heavy atom. The summed E-state index contributed by atoms with van der Waals surface area (Å²) in [5, 5.41) is 7.51. The molecule has 4 aromatic carbocycles. The number of alkyl carbamates (subject to hydrolysis) is 2. The molecule has 4 N–H and O–H groups in total. The van der Waals surface area contributed by atoms with Crippen molar-refractivity contribution in [2.24, 2.45) is 11.8 Å². The normalized spacial score (nSPS) is 18.9. The van der Waals surface area contributed by atoms with Crippen LogP contribution in [0.4, 0.5) is 9.59 Å². The van der Waals surface area contributed by atoms with E-state index in [9.17, 15) is 19.2 Å². The van der Waals surface area contributed by atoms with Gasteiger partial charge in [0.1, 0.15) is 41.7 Å². The fraction of sp³-hybridized carbons (Fsp3) is 0.412. The standard InChI is InChI=1S/C51H58N8O8/c1-28(2)42(56-49(62)65-7)47(60)58-19-11-14-39(58)45-52-24-38(54-45)32-15-17-34-33(21-32)27-66-41-23-35-31(22-36(34)41)16-18-37-44(35)55-46(53-37)40-20-29(26-64-6)25-59(40)48(61)43(30-12-9-8-10-13-30)57-50(63)67-51(3,4)5/h8-10,12-13,15-18,21-24,28-29,39-40,42-43H,11,14,19-20,25-27H2,1-7H3,(H,52,54)(H,53,55)(H,56,62)(H,57,63)/t29-,39-,40-,42-,43+/m0/s1. The van der Waals surface area contributed by atoms with Gasteiger partial charge in [-0.05, 0) is 97.9 Å². The van der Waals surface area contributed by atoms with Gasteiger partial charge in [0.15, 0.2) is 0 Å². The quantitative estimate of drug-likeness (QED) is 0.0980. The molecule has 3 aliphatic heterocycles. The minimum absolute atomic E-state index is 0.0485. The first-order valence-corrected chi connectivity index (χ1v) is 23.0. The van der Waals surface area contributed by atoms with Gasteiger partial charge in [0.25, 0.3) is 5.91 Å². The van der Waals surface area contributed by atoms with Gasteiger partial charge < -0.3 is 49.3 Å². The Morgan fingerprint density at radius 1 is 0.881 bits per heavy atom. The molecule has 0 saturated carbocycles. The topological polar surface area (TPSA) is 193 Å². The summed E-state index contributed by atoms with van der Waals surface area (Å²) in [7, 11) is 2.95. The molecular weight excluding hydrogens is 853 g/mol. The van der Waals surface area contributed by atoms with E-state index in [4.69, 9.17) is 28.9 Å². The Morgan fingerprint density at radius 2 is 1.69 bits per heavy atom. The summed E-state index contributed by atoms with van der Waals surface area (Å²) in [6.07, 6.45) is 2.70. The van der Waals surface area contributed by atoms with E-state index >= 15 is 0 Å². The van der Waals surface area contributed by atoms with Crippen LogP contribution >= 0.6 is 0 Å². The lowest BCUT2D eigenvalue weighted by Gasteiger charge is -2.30. The van der Waals surface area contributed by atoms with Gasteiger partial charge in [0, 0.05) is 37.1 Å². The molecule has 0 spiro atoms. The number of aromatic amines is 2. The van der Waals surface area contributed by atoms with Crippen LogP contribution in [0.3, 0.4) is 0 Å². The predicted molar refractivity (Wildman–Crippen MR) is 252 cm³/mol. The maximum atomic E-state index is 14.7. The Bertz CT molecular complexity index is 2830. The third-order valence-corrected chi connectivity index (χ3v) is 12.9. The highest BCUT2D eigenvalue weighted by Gasteiger charge is 2.42. The Labute approximate surface area is 389 Å². The van der Waals surface area contributed by atoms with Crippen molar-refractivity contribution in [3.63, 3.8) is 0 Å². The Kier molecular flexibility index (Phi) is 12.4. The third kappa shape index (κ3) is 9.14. The number of fused-ring (bicyclic) bond motifs is 6. The lowest BCUT2D eigenvalue weighted by Crippen LogP contribution is -2.51. The highest BCUT2D eigenvalue weighted by atomic mass is 16.6. The molecule has 16 heteroatoms. The van der Waals surface area contributed by atoms with E-state index in [0.717, 1.165) is 68.3 Å². The predicted octanol–water partition coefficient (Wildman–Crippen LogP) is 8.51. The van der Waals surface area contributed by atoms with Crippen LogP contribution in [0.15, 0.2) is 79.0 Å². The van der Waals surface area contributed by atoms with E-state index in [1.165, 1.54) is 7.11 Å². The number of carbonyl (C=O) groups is 4. The van der Waals surface area contributed by atoms with Gasteiger partial charge in [0.05, 0.1) is 48.7 Å². The number of H-pyrrole nitrogens is 2. The van der Waals surface area contributed by atoms with Crippen LogP contribution in [0, 0.1) is 11.8 Å². The first-order valence-electron chi connectivity index (χ1n) is 23.0. The van der Waals surface area contributed by atoms with Gasteiger partial charge in [0.2, 0.25) is 5.91 Å². The zero-order valence-corrected chi connectivity index (χ0v) is 39.0. The fourth-order valence-electron chi connectivity index (χ4n) is 9.79. The number of benzene rings is 4. The molecule has 6 aromatic rings. The van der Waals surface area contributed by atoms with Gasteiger partial charge >= 0.3 is 12.2 Å². The second-order valence-electron chi connectivity index (χ2n) is 19.1. The maximum absolute atomic E-state index is 14.7. The zero-order chi connectivity index (χ0) is 47.1. The van der Waals surface area contributed by atoms with Crippen LogP contribution < -0.4 is 15.4 Å². The van der Waals surface area contributed by atoms with E-state index < -0.39 is 35.9 Å². The molecule has 2 aromatic heterocycles. The van der Waals surface area contributed by atoms with Crippen LogP contribution in [-0.2, 0) is 30.4 Å². The molecule has 0 bridgehead atoms. The molecule has 67 heavy (non-hydrogen) atoms. The monoisotopic (exact) mass is 910 g/mol. The number of rotatable bonds is 11. The van der Waals surface area contributed by atoms with Crippen molar-refractivity contribution in [3.05, 3.63) is 102 Å². The average Bonchev–Trinajstić information content (AvgIpc) is 4.15. The summed E-state index contributed by atoms with van der Waals surface area (Å²) < 4.78 is 22.4. The molecule has 5 atom stereocenters. The summed E-state index contributed by atoms with van der Waals surface area (Å²) in [4.78, 5) is 74.1. The molecule has 9 rings (SSSR count). The van der Waals surface area contributed by atoms with Crippen molar-refractivity contribution in [3.8, 4) is 28.1 Å². The van der Waals surface area contributed by atoms with Crippen LogP contribution in [-0.4, -0.2) is 99.3 Å². The minimum atomic E-state index is -0.980. The van der Waals surface area contributed by atoms with Crippen LogP contribution in [0.1, 0.15) is 94.8 Å². The van der Waals surface area contributed by atoms with Gasteiger partial charge in [-0.2, -0.15) is 0 Å². The van der Waals surface area contributed by atoms with E-state index in [-0.39, 0.29) is 29.7 Å². The van der Waals surface area contributed by atoms with E-state index in [1.807, 2.05) is 55.1 Å². The number of imidazole rings is 2. The van der Waals surface area contributed by atoms with E-state index in [2.05, 4.69) is 57.0 Å². The fourth-order valence-corrected chi connectivity index (χ4v) is 9.79.